The first kappa shape index (κ1) is 24.6. The standard InChI is InChI=1S/C25H25N9O2S/c1-26-15-20(34-16-19(14-31-34)24-21-8-9-28-25(21)30-18-29-24)17-32-10-5-11-33(13-12-32)37(35,36)23-7-4-3-6-22(23)27-2/h3-4,6-9,14,16,18,20H,5,10-13,15,17H2,(H,28,29,30). The van der Waals surface area contributed by atoms with E-state index in [9.17, 15) is 8.42 Å². The van der Waals surface area contributed by atoms with E-state index in [4.69, 9.17) is 13.1 Å². The molecule has 4 heterocycles. The Morgan fingerprint density at radius 2 is 1.95 bits per heavy atom. The summed E-state index contributed by atoms with van der Waals surface area (Å²) < 4.78 is 29.8. The molecule has 1 saturated heterocycles. The van der Waals surface area contributed by atoms with Crippen LogP contribution in [0.2, 0.25) is 0 Å². The van der Waals surface area contributed by atoms with Gasteiger partial charge in [-0.15, -0.1) is 0 Å². The quantitative estimate of drug-likeness (QED) is 0.379. The van der Waals surface area contributed by atoms with E-state index >= 15 is 0 Å². The number of para-hydroxylation sites is 1. The molecule has 1 aromatic carbocycles. The molecule has 0 bridgehead atoms. The summed E-state index contributed by atoms with van der Waals surface area (Å²) in [5.74, 6) is 0. The van der Waals surface area contributed by atoms with Crippen LogP contribution in [-0.4, -0.2) is 81.6 Å². The number of fused-ring (bicyclic) bond motifs is 1. The van der Waals surface area contributed by atoms with Gasteiger partial charge in [-0.3, -0.25) is 9.58 Å². The summed E-state index contributed by atoms with van der Waals surface area (Å²) in [5, 5.41) is 5.45. The summed E-state index contributed by atoms with van der Waals surface area (Å²) in [6.45, 7) is 17.6. The molecule has 1 aliphatic heterocycles. The molecule has 11 nitrogen and oxygen atoms in total. The minimum Gasteiger partial charge on any atom is -0.346 e. The van der Waals surface area contributed by atoms with E-state index in [2.05, 4.69) is 34.6 Å². The van der Waals surface area contributed by atoms with E-state index < -0.39 is 10.0 Å². The van der Waals surface area contributed by atoms with E-state index in [1.54, 1.807) is 23.0 Å². The molecule has 4 aromatic rings. The number of benzene rings is 1. The molecule has 1 atom stereocenters. The van der Waals surface area contributed by atoms with Gasteiger partial charge in [-0.25, -0.2) is 29.8 Å². The number of aromatic amines is 1. The van der Waals surface area contributed by atoms with Crippen LogP contribution in [0.4, 0.5) is 5.69 Å². The van der Waals surface area contributed by atoms with Crippen molar-refractivity contribution in [3.8, 4) is 11.3 Å². The fourth-order valence-electron chi connectivity index (χ4n) is 4.67. The summed E-state index contributed by atoms with van der Waals surface area (Å²) in [7, 11) is -3.77. The van der Waals surface area contributed by atoms with Crippen molar-refractivity contribution < 1.29 is 8.42 Å². The second-order valence-electron chi connectivity index (χ2n) is 8.80. The van der Waals surface area contributed by atoms with Crippen LogP contribution in [0.3, 0.4) is 0 Å². The highest BCUT2D eigenvalue weighted by atomic mass is 32.2. The second kappa shape index (κ2) is 10.5. The van der Waals surface area contributed by atoms with E-state index in [1.165, 1.54) is 22.8 Å². The number of nitrogens with zero attached hydrogens (tertiary/aromatic N) is 8. The molecule has 1 N–H and O–H groups in total. The molecular formula is C25H25N9O2S. The predicted molar refractivity (Wildman–Crippen MR) is 138 cm³/mol. The number of H-pyrrole nitrogens is 1. The van der Waals surface area contributed by atoms with E-state index in [-0.39, 0.29) is 23.2 Å². The average molecular weight is 516 g/mol. The van der Waals surface area contributed by atoms with E-state index in [0.717, 1.165) is 22.3 Å². The Kier molecular flexibility index (Phi) is 6.97. The highest BCUT2D eigenvalue weighted by Crippen LogP contribution is 2.28. The summed E-state index contributed by atoms with van der Waals surface area (Å²) in [6, 6.07) is 8.06. The smallest absolute Gasteiger partial charge is 0.238 e. The molecule has 1 unspecified atom stereocenters. The van der Waals surface area contributed by atoms with Crippen LogP contribution >= 0.6 is 0 Å². The van der Waals surface area contributed by atoms with Crippen molar-refractivity contribution in [2.75, 3.05) is 39.3 Å². The molecule has 3 aromatic heterocycles. The number of hydrogen-bond donors (Lipinski definition) is 1. The Balaban J connectivity index is 1.31. The van der Waals surface area contributed by atoms with Crippen molar-refractivity contribution in [2.24, 2.45) is 0 Å². The normalized spacial score (nSPS) is 16.2. The zero-order valence-electron chi connectivity index (χ0n) is 20.0. The highest BCUT2D eigenvalue weighted by Gasteiger charge is 2.30. The molecular weight excluding hydrogens is 490 g/mol. The number of hydrogen-bond acceptors (Lipinski definition) is 6. The van der Waals surface area contributed by atoms with Gasteiger partial charge in [-0.05, 0) is 19.0 Å². The lowest BCUT2D eigenvalue weighted by Gasteiger charge is -2.24. The summed E-state index contributed by atoms with van der Waals surface area (Å²) >= 11 is 0. The Bertz CT molecular complexity index is 1600. The largest absolute Gasteiger partial charge is 0.346 e. The maximum atomic E-state index is 13.3. The van der Waals surface area contributed by atoms with Crippen LogP contribution < -0.4 is 0 Å². The van der Waals surface area contributed by atoms with Crippen LogP contribution in [0.25, 0.3) is 32.0 Å². The van der Waals surface area contributed by atoms with E-state index in [1.807, 2.05) is 18.5 Å². The van der Waals surface area contributed by atoms with Crippen molar-refractivity contribution in [3.63, 3.8) is 0 Å². The fraction of sp³-hybridized carbons (Fsp3) is 0.320. The van der Waals surface area contributed by atoms with Gasteiger partial charge >= 0.3 is 0 Å². The summed E-state index contributed by atoms with van der Waals surface area (Å²) in [6.07, 6.45) is 7.63. The molecule has 1 aliphatic rings. The Morgan fingerprint density at radius 1 is 1.08 bits per heavy atom. The van der Waals surface area contributed by atoms with Crippen molar-refractivity contribution >= 4 is 26.7 Å². The lowest BCUT2D eigenvalue weighted by Crippen LogP contribution is -2.37. The molecule has 188 valence electrons. The minimum atomic E-state index is -3.77. The third-order valence-corrected chi connectivity index (χ3v) is 8.47. The molecule has 0 aliphatic carbocycles. The maximum absolute atomic E-state index is 13.3. The molecule has 0 amide bonds. The summed E-state index contributed by atoms with van der Waals surface area (Å²) in [4.78, 5) is 21.0. The van der Waals surface area contributed by atoms with Gasteiger partial charge in [0.05, 0.1) is 23.4 Å². The lowest BCUT2D eigenvalue weighted by molar-refractivity contribution is 0.240. The van der Waals surface area contributed by atoms with Crippen molar-refractivity contribution in [3.05, 3.63) is 78.1 Å². The molecule has 0 spiro atoms. The van der Waals surface area contributed by atoms with Crippen molar-refractivity contribution in [2.45, 2.75) is 17.4 Å². The summed E-state index contributed by atoms with van der Waals surface area (Å²) in [5.41, 5.74) is 2.50. The first-order valence-electron chi connectivity index (χ1n) is 11.9. The van der Waals surface area contributed by atoms with Crippen molar-refractivity contribution in [1.29, 1.82) is 0 Å². The average Bonchev–Trinajstić information content (AvgIpc) is 3.54. The SMILES string of the molecule is [C-]#[N+]CC(CN1CCCN(S(=O)(=O)c2ccccc2[N+]#[C-])CC1)n1cc(-c2ncnc3[nH]ccc23)cn1. The minimum absolute atomic E-state index is 0.0506. The first-order valence-corrected chi connectivity index (χ1v) is 13.3. The monoisotopic (exact) mass is 515 g/mol. The zero-order chi connectivity index (χ0) is 25.8. The Labute approximate surface area is 215 Å². The van der Waals surface area contributed by atoms with Gasteiger partial charge in [0, 0.05) is 49.5 Å². The van der Waals surface area contributed by atoms with Gasteiger partial charge in [0.2, 0.25) is 22.3 Å². The van der Waals surface area contributed by atoms with Gasteiger partial charge in [0.15, 0.2) is 0 Å². The third-order valence-electron chi connectivity index (χ3n) is 6.53. The zero-order valence-corrected chi connectivity index (χ0v) is 20.8. The molecule has 0 saturated carbocycles. The molecule has 5 rings (SSSR count). The van der Waals surface area contributed by atoms with Crippen molar-refractivity contribution in [1.82, 2.24) is 33.9 Å². The van der Waals surface area contributed by atoms with Gasteiger partial charge < -0.3 is 9.83 Å². The second-order valence-corrected chi connectivity index (χ2v) is 10.7. The maximum Gasteiger partial charge on any atom is 0.238 e. The van der Waals surface area contributed by atoms with Crippen LogP contribution in [0, 0.1) is 13.1 Å². The topological polar surface area (TPSA) is 109 Å². The molecule has 37 heavy (non-hydrogen) atoms. The van der Waals surface area contributed by atoms with Gasteiger partial charge in [-0.1, -0.05) is 24.3 Å². The van der Waals surface area contributed by atoms with E-state index in [0.29, 0.717) is 39.1 Å². The number of nitrogens with one attached hydrogen (secondary N) is 1. The van der Waals surface area contributed by atoms with Gasteiger partial charge in [-0.2, -0.15) is 9.40 Å². The van der Waals surface area contributed by atoms with Gasteiger partial charge in [0.1, 0.15) is 18.0 Å². The Hall–Kier alpha value is -4.10. The molecule has 1 fully saturated rings. The Morgan fingerprint density at radius 3 is 2.78 bits per heavy atom. The number of rotatable bonds is 7. The fourth-order valence-corrected chi connectivity index (χ4v) is 6.27. The van der Waals surface area contributed by atoms with Crippen LogP contribution in [0.15, 0.2) is 60.1 Å². The first-order chi connectivity index (χ1) is 18.0. The van der Waals surface area contributed by atoms with Crippen LogP contribution in [0.1, 0.15) is 12.5 Å². The number of sulfonamides is 1. The predicted octanol–water partition coefficient (Wildman–Crippen LogP) is 3.23. The van der Waals surface area contributed by atoms with Crippen LogP contribution in [0.5, 0.6) is 0 Å². The van der Waals surface area contributed by atoms with Crippen LogP contribution in [-0.2, 0) is 10.0 Å². The van der Waals surface area contributed by atoms with Gasteiger partial charge in [0.25, 0.3) is 0 Å². The lowest BCUT2D eigenvalue weighted by atomic mass is 10.2. The molecule has 0 radical (unpaired) electrons. The third kappa shape index (κ3) is 4.95. The number of aromatic nitrogens is 5. The highest BCUT2D eigenvalue weighted by molar-refractivity contribution is 7.89. The molecule has 12 heteroatoms.